The van der Waals surface area contributed by atoms with E-state index in [2.05, 4.69) is 101 Å². The van der Waals surface area contributed by atoms with Crippen LogP contribution in [0.2, 0.25) is 0 Å². The third-order valence-electron chi connectivity index (χ3n) is 7.13. The van der Waals surface area contributed by atoms with Crippen LogP contribution in [0.25, 0.3) is 11.6 Å². The lowest BCUT2D eigenvalue weighted by Gasteiger charge is -2.14. The molecule has 0 aliphatic rings. The lowest BCUT2D eigenvalue weighted by atomic mass is 10.0. The van der Waals surface area contributed by atoms with Gasteiger partial charge in [-0.05, 0) is 86.9 Å². The first-order valence-corrected chi connectivity index (χ1v) is 15.5. The Hall–Kier alpha value is -4.05. The number of benzene rings is 1. The lowest BCUT2D eigenvalue weighted by molar-refractivity contribution is 0.506. The summed E-state index contributed by atoms with van der Waals surface area (Å²) in [5.74, 6) is -1.06. The van der Waals surface area contributed by atoms with Crippen molar-refractivity contribution in [3.63, 3.8) is 0 Å². The Balaban J connectivity index is 0.000000440. The van der Waals surface area contributed by atoms with Gasteiger partial charge in [0, 0.05) is 29.7 Å². The number of halogens is 2. The summed E-state index contributed by atoms with van der Waals surface area (Å²) >= 11 is 0. The van der Waals surface area contributed by atoms with E-state index in [9.17, 15) is 8.78 Å². The van der Waals surface area contributed by atoms with Crippen molar-refractivity contribution in [3.05, 3.63) is 149 Å². The first-order chi connectivity index (χ1) is 21.0. The molecule has 236 valence electrons. The third-order valence-corrected chi connectivity index (χ3v) is 7.13. The quantitative estimate of drug-likeness (QED) is 0.219. The molecule has 2 nitrogen and oxygen atoms in total. The van der Waals surface area contributed by atoms with Crippen LogP contribution in [0.1, 0.15) is 90.1 Å². The number of rotatable bonds is 14. The molecule has 1 heterocycles. The number of hydrogen-bond acceptors (Lipinski definition) is 2. The van der Waals surface area contributed by atoms with Crippen LogP contribution in [-0.4, -0.2) is 4.98 Å². The van der Waals surface area contributed by atoms with Crippen LogP contribution in [-0.2, 0) is 6.54 Å². The average molecular weight is 599 g/mol. The standard InChI is InChI=1S/C21H29N.C19H23F2N/c1-7-16(4)10-13-20-14-21(15-22-18(20)6)17(5)11-12-19(8-2)9-3;1-5-7-9-16(14(3)4)19(8-6-2)22-13-15-10-11-17(20)18(21)12-15/h8,10-16H,5,7,9H2,1-4,6H3;5,7-12,22H,1,6,13H2,2-4H3/b12-11-,13-10-,19-8-;9-7-,19-8+. The molecule has 0 radical (unpaired) electrons. The van der Waals surface area contributed by atoms with Crippen molar-refractivity contribution in [1.82, 2.24) is 10.3 Å². The van der Waals surface area contributed by atoms with E-state index in [1.807, 2.05) is 39.1 Å². The van der Waals surface area contributed by atoms with Gasteiger partial charge in [-0.1, -0.05) is 119 Å². The Labute approximate surface area is 266 Å². The lowest BCUT2D eigenvalue weighted by Crippen LogP contribution is -2.15. The smallest absolute Gasteiger partial charge is 0.159 e. The maximum atomic E-state index is 13.3. The van der Waals surface area contributed by atoms with Crippen LogP contribution in [0, 0.1) is 24.5 Å². The van der Waals surface area contributed by atoms with E-state index in [1.165, 1.54) is 17.2 Å². The fraction of sp³-hybridized carbons (Fsp3) is 0.325. The molecule has 0 spiro atoms. The van der Waals surface area contributed by atoms with Crippen molar-refractivity contribution in [2.24, 2.45) is 5.92 Å². The van der Waals surface area contributed by atoms with Gasteiger partial charge in [0.2, 0.25) is 0 Å². The summed E-state index contributed by atoms with van der Waals surface area (Å²) in [4.78, 5) is 4.51. The molecule has 0 fully saturated rings. The van der Waals surface area contributed by atoms with Gasteiger partial charge in [-0.25, -0.2) is 8.78 Å². The minimum Gasteiger partial charge on any atom is -0.381 e. The summed E-state index contributed by atoms with van der Waals surface area (Å²) in [7, 11) is 0. The molecule has 44 heavy (non-hydrogen) atoms. The Morgan fingerprint density at radius 2 is 1.77 bits per heavy atom. The Morgan fingerprint density at radius 3 is 2.34 bits per heavy atom. The van der Waals surface area contributed by atoms with Crippen molar-refractivity contribution in [2.45, 2.75) is 81.2 Å². The molecule has 0 saturated carbocycles. The fourth-order valence-corrected chi connectivity index (χ4v) is 4.04. The van der Waals surface area contributed by atoms with E-state index in [0.29, 0.717) is 18.0 Å². The van der Waals surface area contributed by atoms with Gasteiger partial charge in [0.15, 0.2) is 11.6 Å². The number of aryl methyl sites for hydroxylation is 1. The van der Waals surface area contributed by atoms with Gasteiger partial charge in [0.25, 0.3) is 0 Å². The first kappa shape index (κ1) is 38.0. The minimum absolute atomic E-state index is 0.432. The van der Waals surface area contributed by atoms with Gasteiger partial charge in [-0.3, -0.25) is 4.98 Å². The number of pyridine rings is 1. The predicted octanol–water partition coefficient (Wildman–Crippen LogP) is 11.8. The van der Waals surface area contributed by atoms with E-state index < -0.39 is 11.6 Å². The number of nitrogens with zero attached hydrogens (tertiary/aromatic N) is 1. The maximum absolute atomic E-state index is 13.3. The second kappa shape index (κ2) is 20.8. The highest BCUT2D eigenvalue weighted by atomic mass is 19.2. The van der Waals surface area contributed by atoms with Crippen molar-refractivity contribution in [1.29, 1.82) is 0 Å². The van der Waals surface area contributed by atoms with Gasteiger partial charge in [-0.2, -0.15) is 0 Å². The monoisotopic (exact) mass is 598 g/mol. The molecule has 2 aromatic rings. The average Bonchev–Trinajstić information content (AvgIpc) is 3.01. The van der Waals surface area contributed by atoms with E-state index in [4.69, 9.17) is 0 Å². The summed E-state index contributed by atoms with van der Waals surface area (Å²) < 4.78 is 26.2. The molecule has 1 N–H and O–H groups in total. The molecule has 1 aromatic carbocycles. The topological polar surface area (TPSA) is 24.9 Å². The van der Waals surface area contributed by atoms with Crippen LogP contribution in [0.5, 0.6) is 0 Å². The molecule has 0 aliphatic carbocycles. The molecule has 0 bridgehead atoms. The SMILES string of the molecule is C=C(/C=C\C(=C/C)CC)c1cnc(C)c(/C=C\C(C)CC)c1.C=C/C=C\C(=C(C)C)/C(=C\CC)NCc1ccc(F)c(F)c1. The van der Waals surface area contributed by atoms with Gasteiger partial charge < -0.3 is 5.32 Å². The molecule has 0 amide bonds. The van der Waals surface area contributed by atoms with E-state index in [0.717, 1.165) is 59.0 Å². The van der Waals surface area contributed by atoms with Crippen LogP contribution >= 0.6 is 0 Å². The van der Waals surface area contributed by atoms with Crippen LogP contribution in [0.3, 0.4) is 0 Å². The molecular formula is C40H52F2N2. The largest absolute Gasteiger partial charge is 0.381 e. The first-order valence-electron chi connectivity index (χ1n) is 15.5. The fourth-order valence-electron chi connectivity index (χ4n) is 4.04. The van der Waals surface area contributed by atoms with E-state index in [1.54, 1.807) is 12.1 Å². The highest BCUT2D eigenvalue weighted by Gasteiger charge is 2.06. The van der Waals surface area contributed by atoms with Crippen LogP contribution < -0.4 is 5.32 Å². The Kier molecular flexibility index (Phi) is 17.9. The normalized spacial score (nSPS) is 12.8. The van der Waals surface area contributed by atoms with Crippen LogP contribution in [0.15, 0.2) is 115 Å². The second-order valence-electron chi connectivity index (χ2n) is 10.9. The second-order valence-corrected chi connectivity index (χ2v) is 10.9. The van der Waals surface area contributed by atoms with E-state index in [-0.39, 0.29) is 0 Å². The van der Waals surface area contributed by atoms with Crippen LogP contribution in [0.4, 0.5) is 8.78 Å². The third kappa shape index (κ3) is 13.5. The maximum Gasteiger partial charge on any atom is 0.159 e. The summed E-state index contributed by atoms with van der Waals surface area (Å²) in [5, 5.41) is 3.30. The number of nitrogens with one attached hydrogen (secondary N) is 1. The molecule has 0 saturated heterocycles. The molecule has 1 unspecified atom stereocenters. The minimum atomic E-state index is -0.827. The van der Waals surface area contributed by atoms with Gasteiger partial charge in [0.05, 0.1) is 0 Å². The summed E-state index contributed by atoms with van der Waals surface area (Å²) in [5.41, 5.74) is 9.54. The molecule has 4 heteroatoms. The molecule has 0 aliphatic heterocycles. The summed E-state index contributed by atoms with van der Waals surface area (Å²) in [6, 6.07) is 6.12. The highest BCUT2D eigenvalue weighted by Crippen LogP contribution is 2.20. The molecule has 1 aromatic heterocycles. The number of aromatic nitrogens is 1. The van der Waals surface area contributed by atoms with Crippen molar-refractivity contribution < 1.29 is 8.78 Å². The Morgan fingerprint density at radius 1 is 1.05 bits per heavy atom. The predicted molar refractivity (Wildman–Crippen MR) is 189 cm³/mol. The zero-order chi connectivity index (χ0) is 33.1. The zero-order valence-corrected chi connectivity index (χ0v) is 28.1. The van der Waals surface area contributed by atoms with Gasteiger partial charge in [0.1, 0.15) is 0 Å². The highest BCUT2D eigenvalue weighted by molar-refractivity contribution is 5.74. The number of hydrogen-bond donors (Lipinski definition) is 1. The molecule has 1 atom stereocenters. The summed E-state index contributed by atoms with van der Waals surface area (Å²) in [6.45, 7) is 25.1. The van der Waals surface area contributed by atoms with Gasteiger partial charge >= 0.3 is 0 Å². The number of allylic oxidation sites excluding steroid dienone is 11. The van der Waals surface area contributed by atoms with E-state index >= 15 is 0 Å². The summed E-state index contributed by atoms with van der Waals surface area (Å²) in [6.07, 6.45) is 23.4. The Bertz CT molecular complexity index is 1410. The van der Waals surface area contributed by atoms with Crippen molar-refractivity contribution in [3.8, 4) is 0 Å². The molecular weight excluding hydrogens is 546 g/mol. The molecule has 2 rings (SSSR count). The van der Waals surface area contributed by atoms with Gasteiger partial charge in [-0.15, -0.1) is 0 Å². The zero-order valence-electron chi connectivity index (χ0n) is 28.1. The van der Waals surface area contributed by atoms with Crippen molar-refractivity contribution >= 4 is 11.6 Å². The van der Waals surface area contributed by atoms with Crippen molar-refractivity contribution in [2.75, 3.05) is 0 Å².